The van der Waals surface area contributed by atoms with E-state index in [0.717, 1.165) is 5.56 Å². The molecule has 0 saturated heterocycles. The normalized spacial score (nSPS) is 19.6. The predicted octanol–water partition coefficient (Wildman–Crippen LogP) is 5.81. The van der Waals surface area contributed by atoms with Crippen molar-refractivity contribution < 1.29 is 28.2 Å². The molecule has 0 aromatic heterocycles. The summed E-state index contributed by atoms with van der Waals surface area (Å²) in [6, 6.07) is 9.94. The first-order chi connectivity index (χ1) is 17.3. The standard InChI is InChI=1S/C28H29ClFNO5/c1-5-11-36-28(33)24-15(2)31-20-12-17(16-9-10-22(34-3)23(14-16)35-4)13-21(32)26(20)27(24)25-18(29)7-6-8-19(25)30/h6-10,14,17,27,31H,5,11-13H2,1-4H3/t17-,27+/m1/s1. The Hall–Kier alpha value is -3.32. The lowest BCUT2D eigenvalue weighted by atomic mass is 9.71. The Morgan fingerprint density at radius 3 is 2.56 bits per heavy atom. The molecule has 1 N–H and O–H groups in total. The minimum atomic E-state index is -0.960. The third kappa shape index (κ3) is 4.72. The molecular formula is C28H29ClFNO5. The summed E-state index contributed by atoms with van der Waals surface area (Å²) in [6.07, 6.45) is 1.32. The van der Waals surface area contributed by atoms with Crippen molar-refractivity contribution in [1.29, 1.82) is 0 Å². The number of methoxy groups -OCH3 is 2. The number of nitrogens with one attached hydrogen (secondary N) is 1. The van der Waals surface area contributed by atoms with Gasteiger partial charge in [-0.1, -0.05) is 30.7 Å². The Kier molecular flexibility index (Phi) is 7.69. The number of carbonyl (C=O) groups excluding carboxylic acids is 2. The number of dihydropyridines is 1. The smallest absolute Gasteiger partial charge is 0.336 e. The molecule has 2 aliphatic rings. The minimum Gasteiger partial charge on any atom is -0.493 e. The second-order valence-corrected chi connectivity index (χ2v) is 9.31. The van der Waals surface area contributed by atoms with E-state index in [2.05, 4.69) is 5.32 Å². The number of ketones is 1. The lowest BCUT2D eigenvalue weighted by Gasteiger charge is -2.37. The Morgan fingerprint density at radius 2 is 1.89 bits per heavy atom. The zero-order chi connectivity index (χ0) is 26.0. The van der Waals surface area contributed by atoms with E-state index in [1.165, 1.54) is 12.1 Å². The minimum absolute atomic E-state index is 0.105. The predicted molar refractivity (Wildman–Crippen MR) is 135 cm³/mol. The zero-order valence-electron chi connectivity index (χ0n) is 20.7. The van der Waals surface area contributed by atoms with E-state index in [-0.39, 0.29) is 40.9 Å². The van der Waals surface area contributed by atoms with Crippen LogP contribution in [-0.2, 0) is 14.3 Å². The Balaban J connectivity index is 1.81. The molecule has 0 amide bonds. The third-order valence-corrected chi connectivity index (χ3v) is 6.98. The van der Waals surface area contributed by atoms with Gasteiger partial charge in [-0.15, -0.1) is 0 Å². The van der Waals surface area contributed by atoms with Gasteiger partial charge in [0.15, 0.2) is 17.3 Å². The summed E-state index contributed by atoms with van der Waals surface area (Å²) >= 11 is 6.46. The highest BCUT2D eigenvalue weighted by atomic mass is 35.5. The van der Waals surface area contributed by atoms with Gasteiger partial charge in [0.25, 0.3) is 0 Å². The maximum absolute atomic E-state index is 15.2. The SMILES string of the molecule is CCCOC(=O)C1=C(C)NC2=C(C(=O)C[C@H](c3ccc(OC)c(OC)c3)C2)[C@@H]1c1c(F)cccc1Cl. The molecule has 0 radical (unpaired) electrons. The van der Waals surface area contributed by atoms with Crippen molar-refractivity contribution in [3.63, 3.8) is 0 Å². The van der Waals surface area contributed by atoms with E-state index >= 15 is 4.39 Å². The van der Waals surface area contributed by atoms with Gasteiger partial charge in [-0.3, -0.25) is 4.79 Å². The van der Waals surface area contributed by atoms with Gasteiger partial charge < -0.3 is 19.5 Å². The van der Waals surface area contributed by atoms with E-state index < -0.39 is 17.7 Å². The number of hydrogen-bond donors (Lipinski definition) is 1. The van der Waals surface area contributed by atoms with Crippen LogP contribution in [0.15, 0.2) is 58.9 Å². The zero-order valence-corrected chi connectivity index (χ0v) is 21.5. The van der Waals surface area contributed by atoms with E-state index in [9.17, 15) is 9.59 Å². The number of esters is 1. The highest BCUT2D eigenvalue weighted by Gasteiger charge is 2.43. The van der Waals surface area contributed by atoms with Crippen molar-refractivity contribution in [2.45, 2.75) is 44.9 Å². The lowest BCUT2D eigenvalue weighted by Crippen LogP contribution is -2.36. The molecule has 0 spiro atoms. The number of carbonyl (C=O) groups is 2. The van der Waals surface area contributed by atoms with Crippen LogP contribution in [0, 0.1) is 5.82 Å². The first-order valence-corrected chi connectivity index (χ1v) is 12.2. The van der Waals surface area contributed by atoms with Crippen LogP contribution in [0.3, 0.4) is 0 Å². The van der Waals surface area contributed by atoms with Crippen LogP contribution in [0.2, 0.25) is 5.02 Å². The number of Topliss-reactive ketones (excluding diaryl/α,β-unsaturated/α-hetero) is 1. The molecule has 1 heterocycles. The molecule has 0 fully saturated rings. The van der Waals surface area contributed by atoms with Gasteiger partial charge >= 0.3 is 5.97 Å². The first kappa shape index (κ1) is 25.8. The monoisotopic (exact) mass is 513 g/mol. The molecule has 0 unspecified atom stereocenters. The largest absolute Gasteiger partial charge is 0.493 e. The number of hydrogen-bond acceptors (Lipinski definition) is 6. The van der Waals surface area contributed by atoms with Gasteiger partial charge in [-0.25, -0.2) is 9.18 Å². The summed E-state index contributed by atoms with van der Waals surface area (Å²) < 4.78 is 31.4. The second kappa shape index (κ2) is 10.7. The van der Waals surface area contributed by atoms with Crippen LogP contribution in [0.25, 0.3) is 0 Å². The van der Waals surface area contributed by atoms with Crippen molar-refractivity contribution in [1.82, 2.24) is 5.32 Å². The number of halogens is 2. The summed E-state index contributed by atoms with van der Waals surface area (Å²) in [5.74, 6) is -1.27. The van der Waals surface area contributed by atoms with Gasteiger partial charge in [0.1, 0.15) is 5.82 Å². The summed E-state index contributed by atoms with van der Waals surface area (Å²) in [4.78, 5) is 26.8. The highest BCUT2D eigenvalue weighted by molar-refractivity contribution is 6.31. The Bertz CT molecular complexity index is 1250. The lowest BCUT2D eigenvalue weighted by molar-refractivity contribution is -0.139. The molecule has 0 saturated carbocycles. The summed E-state index contributed by atoms with van der Waals surface area (Å²) in [5.41, 5.74) is 2.75. The maximum Gasteiger partial charge on any atom is 0.336 e. The average molecular weight is 514 g/mol. The van der Waals surface area contributed by atoms with Crippen LogP contribution < -0.4 is 14.8 Å². The number of allylic oxidation sites excluding steroid dienone is 3. The fourth-order valence-electron chi connectivity index (χ4n) is 5.00. The number of ether oxygens (including phenoxy) is 3. The van der Waals surface area contributed by atoms with E-state index in [0.29, 0.717) is 41.3 Å². The molecule has 190 valence electrons. The summed E-state index contributed by atoms with van der Waals surface area (Å²) in [5, 5.41) is 3.41. The highest BCUT2D eigenvalue weighted by Crippen LogP contribution is 2.48. The fourth-order valence-corrected chi connectivity index (χ4v) is 5.27. The quantitative estimate of drug-likeness (QED) is 0.471. The van der Waals surface area contributed by atoms with Crippen molar-refractivity contribution in [3.05, 3.63) is 80.9 Å². The third-order valence-electron chi connectivity index (χ3n) is 6.65. The van der Waals surface area contributed by atoms with Gasteiger partial charge in [-0.05, 0) is 55.5 Å². The molecule has 8 heteroatoms. The van der Waals surface area contributed by atoms with Crippen LogP contribution in [0.4, 0.5) is 4.39 Å². The average Bonchev–Trinajstić information content (AvgIpc) is 2.86. The molecule has 2 atom stereocenters. The molecule has 1 aliphatic carbocycles. The summed E-state index contributed by atoms with van der Waals surface area (Å²) in [7, 11) is 3.13. The Labute approximate surface area is 215 Å². The molecule has 2 aromatic rings. The van der Waals surface area contributed by atoms with Crippen molar-refractivity contribution >= 4 is 23.4 Å². The first-order valence-electron chi connectivity index (χ1n) is 11.9. The number of benzene rings is 2. The molecule has 36 heavy (non-hydrogen) atoms. The van der Waals surface area contributed by atoms with Crippen LogP contribution >= 0.6 is 11.6 Å². The topological polar surface area (TPSA) is 73.9 Å². The van der Waals surface area contributed by atoms with Gasteiger partial charge in [-0.2, -0.15) is 0 Å². The van der Waals surface area contributed by atoms with Gasteiger partial charge in [0.05, 0.1) is 32.3 Å². The van der Waals surface area contributed by atoms with Gasteiger partial charge in [0, 0.05) is 34.0 Å². The van der Waals surface area contributed by atoms with Crippen LogP contribution in [0.5, 0.6) is 11.5 Å². The Morgan fingerprint density at radius 1 is 1.14 bits per heavy atom. The van der Waals surface area contributed by atoms with Crippen LogP contribution in [0.1, 0.15) is 56.1 Å². The number of rotatable bonds is 7. The van der Waals surface area contributed by atoms with Crippen LogP contribution in [-0.4, -0.2) is 32.6 Å². The van der Waals surface area contributed by atoms with E-state index in [1.807, 2.05) is 25.1 Å². The van der Waals surface area contributed by atoms with E-state index in [1.54, 1.807) is 27.2 Å². The van der Waals surface area contributed by atoms with Crippen molar-refractivity contribution in [2.75, 3.05) is 20.8 Å². The molecule has 1 aliphatic heterocycles. The summed E-state index contributed by atoms with van der Waals surface area (Å²) in [6.45, 7) is 3.84. The molecule has 4 rings (SSSR count). The van der Waals surface area contributed by atoms with Gasteiger partial charge in [0.2, 0.25) is 0 Å². The van der Waals surface area contributed by atoms with Crippen molar-refractivity contribution in [2.24, 2.45) is 0 Å². The molecule has 6 nitrogen and oxygen atoms in total. The fraction of sp³-hybridized carbons (Fsp3) is 0.357. The molecular weight excluding hydrogens is 485 g/mol. The second-order valence-electron chi connectivity index (χ2n) is 8.90. The molecule has 0 bridgehead atoms. The maximum atomic E-state index is 15.2. The molecule has 2 aromatic carbocycles. The van der Waals surface area contributed by atoms with E-state index in [4.69, 9.17) is 25.8 Å². The van der Waals surface area contributed by atoms with Crippen molar-refractivity contribution in [3.8, 4) is 11.5 Å².